The SMILES string of the molecule is C[C@]12CCC(=O)CC1=CC[C@@H]1[C@@H]2[C@@H](O)C[C@@]2(C)[C@H]1CC[C@]2(O)C(=O)COC(=O)OCC(NC(=O)CCCCCO[N+](=O)[O-])C(=O)OCCCCO[N+](=O)[O-]. The summed E-state index contributed by atoms with van der Waals surface area (Å²) in [7, 11) is 0. The monoisotopic (exact) mass is 769 g/mol. The van der Waals surface area contributed by atoms with Crippen LogP contribution in [0.3, 0.4) is 0 Å². The molecule has 19 heteroatoms. The molecule has 0 heterocycles. The van der Waals surface area contributed by atoms with Gasteiger partial charge in [-0.05, 0) is 81.0 Å². The molecule has 1 unspecified atom stereocenters. The van der Waals surface area contributed by atoms with Gasteiger partial charge in [0.1, 0.15) is 18.0 Å². The van der Waals surface area contributed by atoms with Gasteiger partial charge in [-0.15, -0.1) is 20.2 Å². The number of ether oxygens (including phenoxy) is 3. The van der Waals surface area contributed by atoms with Crippen LogP contribution in [0.1, 0.15) is 97.3 Å². The summed E-state index contributed by atoms with van der Waals surface area (Å²) < 4.78 is 15.3. The Labute approximate surface area is 311 Å². The molecule has 54 heavy (non-hydrogen) atoms. The van der Waals surface area contributed by atoms with E-state index < -0.39 is 70.4 Å². The van der Waals surface area contributed by atoms with Crippen molar-refractivity contribution in [2.45, 2.75) is 115 Å². The second-order valence-electron chi connectivity index (χ2n) is 15.2. The van der Waals surface area contributed by atoms with Crippen molar-refractivity contribution in [3.63, 3.8) is 0 Å². The lowest BCUT2D eigenvalue weighted by Gasteiger charge is -2.59. The minimum Gasteiger partial charge on any atom is -0.464 e. The zero-order valence-electron chi connectivity index (χ0n) is 30.7. The lowest BCUT2D eigenvalue weighted by Crippen LogP contribution is -2.61. The van der Waals surface area contributed by atoms with E-state index in [1.54, 1.807) is 6.92 Å². The van der Waals surface area contributed by atoms with Crippen LogP contribution >= 0.6 is 0 Å². The number of nitrogens with one attached hydrogen (secondary N) is 1. The number of ketones is 2. The summed E-state index contributed by atoms with van der Waals surface area (Å²) in [5, 5.41) is 44.6. The molecule has 0 aromatic rings. The fourth-order valence-electron chi connectivity index (χ4n) is 9.26. The van der Waals surface area contributed by atoms with Crippen LogP contribution < -0.4 is 5.32 Å². The molecule has 3 fully saturated rings. The first-order chi connectivity index (χ1) is 25.5. The number of aliphatic hydroxyl groups is 2. The Bertz CT molecular complexity index is 1470. The van der Waals surface area contributed by atoms with Crippen LogP contribution in [-0.4, -0.2) is 101 Å². The summed E-state index contributed by atoms with van der Waals surface area (Å²) in [6.45, 7) is 1.76. The summed E-state index contributed by atoms with van der Waals surface area (Å²) in [6, 6.07) is -1.49. The molecule has 302 valence electrons. The minimum absolute atomic E-state index is 0.0164. The zero-order chi connectivity index (χ0) is 39.7. The topological polar surface area (TPSA) is 270 Å². The molecule has 0 spiro atoms. The third-order valence-corrected chi connectivity index (χ3v) is 12.0. The molecule has 0 aliphatic heterocycles. The van der Waals surface area contributed by atoms with Crippen molar-refractivity contribution in [2.75, 3.05) is 33.0 Å². The first-order valence-electron chi connectivity index (χ1n) is 18.5. The van der Waals surface area contributed by atoms with E-state index in [4.69, 9.17) is 14.2 Å². The molecule has 4 aliphatic rings. The maximum atomic E-state index is 13.6. The Morgan fingerprint density at radius 1 is 0.963 bits per heavy atom. The zero-order valence-corrected chi connectivity index (χ0v) is 30.7. The van der Waals surface area contributed by atoms with Crippen molar-refractivity contribution >= 4 is 29.6 Å². The van der Waals surface area contributed by atoms with E-state index in [-0.39, 0.29) is 80.9 Å². The van der Waals surface area contributed by atoms with Gasteiger partial charge in [0.15, 0.2) is 12.6 Å². The lowest BCUT2D eigenvalue weighted by molar-refractivity contribution is -0.757. The number of nitrogens with zero attached hydrogens (tertiary/aromatic N) is 2. The number of unbranched alkanes of at least 4 members (excludes halogenated alkanes) is 3. The Kier molecular flexibility index (Phi) is 14.3. The highest BCUT2D eigenvalue weighted by Gasteiger charge is 2.68. The molecule has 4 aliphatic carbocycles. The number of aliphatic hydroxyl groups excluding tert-OH is 1. The number of carbonyl (C=O) groups excluding carboxylic acids is 5. The number of carbonyl (C=O) groups is 5. The second kappa shape index (κ2) is 18.3. The van der Waals surface area contributed by atoms with Crippen LogP contribution in [-0.2, 0) is 43.1 Å². The van der Waals surface area contributed by atoms with E-state index in [2.05, 4.69) is 28.0 Å². The molecule has 3 saturated carbocycles. The lowest BCUT2D eigenvalue weighted by atomic mass is 9.46. The number of fused-ring (bicyclic) bond motifs is 5. The number of hydrogen-bond acceptors (Lipinski definition) is 16. The molecule has 8 atom stereocenters. The molecule has 0 aromatic heterocycles. The van der Waals surface area contributed by atoms with Crippen LogP contribution in [0.25, 0.3) is 0 Å². The van der Waals surface area contributed by atoms with Gasteiger partial charge in [-0.3, -0.25) is 14.4 Å². The van der Waals surface area contributed by atoms with Gasteiger partial charge in [-0.2, -0.15) is 0 Å². The third kappa shape index (κ3) is 9.82. The van der Waals surface area contributed by atoms with Gasteiger partial charge in [0.2, 0.25) is 11.7 Å². The van der Waals surface area contributed by atoms with Gasteiger partial charge in [0.05, 0.1) is 25.9 Å². The molecule has 0 radical (unpaired) electrons. The quantitative estimate of drug-likeness (QED) is 0.0528. The summed E-state index contributed by atoms with van der Waals surface area (Å²) >= 11 is 0. The van der Waals surface area contributed by atoms with Crippen molar-refractivity contribution < 1.29 is 68.2 Å². The van der Waals surface area contributed by atoms with E-state index in [1.807, 2.05) is 0 Å². The van der Waals surface area contributed by atoms with Gasteiger partial charge in [0.25, 0.3) is 10.2 Å². The minimum atomic E-state index is -1.90. The fraction of sp³-hybridized carbons (Fsp3) is 0.800. The molecule has 0 bridgehead atoms. The van der Waals surface area contributed by atoms with Gasteiger partial charge >= 0.3 is 12.1 Å². The summed E-state index contributed by atoms with van der Waals surface area (Å²) in [4.78, 5) is 92.8. The third-order valence-electron chi connectivity index (χ3n) is 12.0. The van der Waals surface area contributed by atoms with Crippen molar-refractivity contribution in [1.82, 2.24) is 5.32 Å². The van der Waals surface area contributed by atoms with Crippen LogP contribution in [0.15, 0.2) is 11.6 Å². The summed E-state index contributed by atoms with van der Waals surface area (Å²) in [6.07, 6.45) is 4.13. The normalized spacial score (nSPS) is 30.3. The van der Waals surface area contributed by atoms with Crippen molar-refractivity contribution in [3.8, 4) is 0 Å². The largest absolute Gasteiger partial charge is 0.508 e. The molecule has 19 nitrogen and oxygen atoms in total. The van der Waals surface area contributed by atoms with Crippen molar-refractivity contribution in [3.05, 3.63) is 31.9 Å². The smallest absolute Gasteiger partial charge is 0.464 e. The maximum absolute atomic E-state index is 13.6. The number of esters is 1. The number of Topliss-reactive ketones (excluding diaryl/α,β-unsaturated/α-hetero) is 2. The predicted molar refractivity (Wildman–Crippen MR) is 182 cm³/mol. The Hall–Kier alpha value is -4.39. The molecule has 0 saturated heterocycles. The van der Waals surface area contributed by atoms with Crippen molar-refractivity contribution in [1.29, 1.82) is 0 Å². The molecule has 4 rings (SSSR count). The van der Waals surface area contributed by atoms with Crippen molar-refractivity contribution in [2.24, 2.45) is 28.6 Å². The predicted octanol–water partition coefficient (Wildman–Crippen LogP) is 2.73. The fourth-order valence-corrected chi connectivity index (χ4v) is 9.26. The van der Waals surface area contributed by atoms with E-state index >= 15 is 0 Å². The highest BCUT2D eigenvalue weighted by molar-refractivity contribution is 5.91. The van der Waals surface area contributed by atoms with Crippen LogP contribution in [0.5, 0.6) is 0 Å². The maximum Gasteiger partial charge on any atom is 0.508 e. The average Bonchev–Trinajstić information content (AvgIpc) is 3.38. The van der Waals surface area contributed by atoms with E-state index in [9.17, 15) is 54.4 Å². The Balaban J connectivity index is 1.31. The number of allylic oxidation sites excluding steroid dienone is 2. The van der Waals surface area contributed by atoms with Gasteiger partial charge in [-0.25, -0.2) is 9.59 Å². The summed E-state index contributed by atoms with van der Waals surface area (Å²) in [5.74, 6) is -2.40. The first kappa shape index (κ1) is 42.4. The first-order valence-corrected chi connectivity index (χ1v) is 18.5. The van der Waals surface area contributed by atoms with E-state index in [0.717, 1.165) is 5.57 Å². The molecule has 1 amide bonds. The van der Waals surface area contributed by atoms with Crippen LogP contribution in [0.2, 0.25) is 0 Å². The average molecular weight is 770 g/mol. The van der Waals surface area contributed by atoms with E-state index in [0.29, 0.717) is 51.4 Å². The van der Waals surface area contributed by atoms with Gasteiger partial charge in [-0.1, -0.05) is 31.9 Å². The Morgan fingerprint density at radius 3 is 2.31 bits per heavy atom. The molecule has 0 aromatic carbocycles. The number of hydrogen-bond donors (Lipinski definition) is 3. The van der Waals surface area contributed by atoms with E-state index in [1.165, 1.54) is 0 Å². The number of rotatable bonds is 20. The molecule has 3 N–H and O–H groups in total. The van der Waals surface area contributed by atoms with Crippen LogP contribution in [0.4, 0.5) is 4.79 Å². The van der Waals surface area contributed by atoms with Gasteiger partial charge < -0.3 is 39.4 Å². The van der Waals surface area contributed by atoms with Gasteiger partial charge in [0, 0.05) is 24.7 Å². The number of amides is 1. The summed E-state index contributed by atoms with van der Waals surface area (Å²) in [5.41, 5.74) is -2.20. The second-order valence-corrected chi connectivity index (χ2v) is 15.2. The molecular formula is C35H51N3O16. The van der Waals surface area contributed by atoms with Crippen LogP contribution in [0, 0.1) is 48.8 Å². The standard InChI is InChI=1S/C35H51N3O16/c1-33-13-11-23(39)18-22(33)9-10-24-25-12-14-35(45,34(25,2)19-27(40)30(24)33)28(41)21-52-32(44)51-20-26(31(43)50-15-6-7-17-54-38(48)49)36-29(42)8-4-3-5-16-53-37(46)47/h9,24-27,30,40,45H,3-8,10-21H2,1-2H3,(H,36,42)/t24-,25-,26?,27-,30+,33-,34-,35-/m0/s1. The molecular weight excluding hydrogens is 718 g/mol. The Morgan fingerprint density at radius 2 is 1.63 bits per heavy atom. The highest BCUT2D eigenvalue weighted by Crippen LogP contribution is 2.67. The highest BCUT2D eigenvalue weighted by atomic mass is 17.0.